The van der Waals surface area contributed by atoms with Crippen molar-refractivity contribution in [1.82, 2.24) is 15.3 Å². The summed E-state index contributed by atoms with van der Waals surface area (Å²) in [4.78, 5) is 20.0. The molecule has 2 N–H and O–H groups in total. The number of fused-ring (bicyclic) bond motifs is 1. The predicted molar refractivity (Wildman–Crippen MR) is 83.6 cm³/mol. The highest BCUT2D eigenvalue weighted by Gasteiger charge is 2.06. The number of anilines is 1. The van der Waals surface area contributed by atoms with Gasteiger partial charge in [-0.3, -0.25) is 4.79 Å². The van der Waals surface area contributed by atoms with Gasteiger partial charge in [-0.15, -0.1) is 0 Å². The van der Waals surface area contributed by atoms with Gasteiger partial charge in [0.2, 0.25) is 5.91 Å². The molecule has 0 aliphatic heterocycles. The number of hydrogen-bond acceptors (Lipinski definition) is 4. The lowest BCUT2D eigenvalue weighted by Crippen LogP contribution is -2.31. The summed E-state index contributed by atoms with van der Waals surface area (Å²) < 4.78 is 0.973. The molecule has 5 nitrogen and oxygen atoms in total. The minimum absolute atomic E-state index is 0.0343. The molecule has 1 amide bonds. The second kappa shape index (κ2) is 6.65. The van der Waals surface area contributed by atoms with E-state index >= 15 is 0 Å². The van der Waals surface area contributed by atoms with Crippen LogP contribution >= 0.6 is 15.9 Å². The molecule has 1 heterocycles. The summed E-state index contributed by atoms with van der Waals surface area (Å²) >= 11 is 3.44. The summed E-state index contributed by atoms with van der Waals surface area (Å²) in [5.74, 6) is 0.778. The van der Waals surface area contributed by atoms with E-state index in [1.807, 2.05) is 32.0 Å². The van der Waals surface area contributed by atoms with Crippen LogP contribution in [-0.4, -0.2) is 28.5 Å². The van der Waals surface area contributed by atoms with Gasteiger partial charge in [0.1, 0.15) is 12.1 Å². The fourth-order valence-corrected chi connectivity index (χ4v) is 2.22. The van der Waals surface area contributed by atoms with E-state index in [-0.39, 0.29) is 11.9 Å². The Morgan fingerprint density at radius 1 is 1.35 bits per heavy atom. The van der Waals surface area contributed by atoms with E-state index in [2.05, 4.69) is 36.5 Å². The number of nitrogens with zero attached hydrogens (tertiary/aromatic N) is 2. The maximum atomic E-state index is 11.6. The lowest BCUT2D eigenvalue weighted by Gasteiger charge is -2.10. The Bertz CT molecular complexity index is 615. The molecule has 20 heavy (non-hydrogen) atoms. The lowest BCUT2D eigenvalue weighted by molar-refractivity contribution is -0.121. The van der Waals surface area contributed by atoms with E-state index in [1.165, 1.54) is 6.33 Å². The van der Waals surface area contributed by atoms with Gasteiger partial charge in [0.15, 0.2) is 0 Å². The van der Waals surface area contributed by atoms with Gasteiger partial charge in [0, 0.05) is 28.9 Å². The normalized spacial score (nSPS) is 10.8. The summed E-state index contributed by atoms with van der Waals surface area (Å²) in [6, 6.07) is 6.00. The zero-order valence-electron chi connectivity index (χ0n) is 11.5. The zero-order valence-corrected chi connectivity index (χ0v) is 13.1. The number of carbonyl (C=O) groups excluding carboxylic acids is 1. The molecular formula is C14H17BrN4O. The van der Waals surface area contributed by atoms with Crippen LogP contribution in [0, 0.1) is 0 Å². The molecule has 0 saturated heterocycles. The van der Waals surface area contributed by atoms with Gasteiger partial charge in [-0.1, -0.05) is 15.9 Å². The van der Waals surface area contributed by atoms with Crippen molar-refractivity contribution in [3.05, 3.63) is 29.0 Å². The summed E-state index contributed by atoms with van der Waals surface area (Å²) in [6.45, 7) is 4.43. The van der Waals surface area contributed by atoms with Crippen molar-refractivity contribution >= 4 is 38.6 Å². The second-order valence-electron chi connectivity index (χ2n) is 4.78. The van der Waals surface area contributed by atoms with Crippen molar-refractivity contribution in [1.29, 1.82) is 0 Å². The number of rotatable bonds is 5. The quantitative estimate of drug-likeness (QED) is 0.880. The first-order chi connectivity index (χ1) is 9.56. The van der Waals surface area contributed by atoms with Crippen molar-refractivity contribution in [2.24, 2.45) is 0 Å². The van der Waals surface area contributed by atoms with E-state index in [0.29, 0.717) is 13.0 Å². The van der Waals surface area contributed by atoms with Gasteiger partial charge in [0.05, 0.1) is 5.52 Å². The molecule has 0 bridgehead atoms. The molecule has 0 aliphatic rings. The summed E-state index contributed by atoms with van der Waals surface area (Å²) in [7, 11) is 0. The molecule has 0 spiro atoms. The molecule has 0 atom stereocenters. The van der Waals surface area contributed by atoms with Gasteiger partial charge in [-0.2, -0.15) is 0 Å². The molecule has 2 rings (SSSR count). The van der Waals surface area contributed by atoms with Gasteiger partial charge in [-0.25, -0.2) is 9.97 Å². The fraction of sp³-hybridized carbons (Fsp3) is 0.357. The Morgan fingerprint density at radius 2 is 2.15 bits per heavy atom. The van der Waals surface area contributed by atoms with Crippen LogP contribution in [0.3, 0.4) is 0 Å². The second-order valence-corrected chi connectivity index (χ2v) is 5.70. The van der Waals surface area contributed by atoms with Crippen LogP contribution < -0.4 is 10.6 Å². The van der Waals surface area contributed by atoms with Crippen LogP contribution in [0.15, 0.2) is 29.0 Å². The number of carbonyl (C=O) groups is 1. The first-order valence-electron chi connectivity index (χ1n) is 6.50. The van der Waals surface area contributed by atoms with Crippen LogP contribution in [0.5, 0.6) is 0 Å². The third kappa shape index (κ3) is 3.90. The standard InChI is InChI=1S/C14H17BrN4O/c1-9(2)19-13(20)5-6-16-14-11-7-10(15)3-4-12(11)17-8-18-14/h3-4,7-9H,5-6H2,1-2H3,(H,19,20)(H,16,17,18). The van der Waals surface area contributed by atoms with Crippen LogP contribution in [0.2, 0.25) is 0 Å². The number of aromatic nitrogens is 2. The first kappa shape index (κ1) is 14.7. The average Bonchev–Trinajstić information content (AvgIpc) is 2.38. The van der Waals surface area contributed by atoms with Gasteiger partial charge in [0.25, 0.3) is 0 Å². The van der Waals surface area contributed by atoms with Crippen molar-refractivity contribution in [3.63, 3.8) is 0 Å². The van der Waals surface area contributed by atoms with Crippen LogP contribution in [0.1, 0.15) is 20.3 Å². The topological polar surface area (TPSA) is 66.9 Å². The largest absolute Gasteiger partial charge is 0.369 e. The Hall–Kier alpha value is -1.69. The molecule has 1 aromatic heterocycles. The van der Waals surface area contributed by atoms with Crippen molar-refractivity contribution in [2.75, 3.05) is 11.9 Å². The Kier molecular flexibility index (Phi) is 4.89. The highest BCUT2D eigenvalue weighted by molar-refractivity contribution is 9.10. The maximum absolute atomic E-state index is 11.6. The van der Waals surface area contributed by atoms with E-state index in [9.17, 15) is 4.79 Å². The third-order valence-electron chi connectivity index (χ3n) is 2.69. The molecule has 2 aromatic rings. The van der Waals surface area contributed by atoms with Gasteiger partial charge >= 0.3 is 0 Å². The van der Waals surface area contributed by atoms with Crippen molar-refractivity contribution in [2.45, 2.75) is 26.3 Å². The summed E-state index contributed by atoms with van der Waals surface area (Å²) in [5, 5.41) is 6.98. The van der Waals surface area contributed by atoms with E-state index in [4.69, 9.17) is 0 Å². The van der Waals surface area contributed by atoms with Crippen molar-refractivity contribution in [3.8, 4) is 0 Å². The number of benzene rings is 1. The van der Waals surface area contributed by atoms with E-state index < -0.39 is 0 Å². The molecule has 6 heteroatoms. The smallest absolute Gasteiger partial charge is 0.221 e. The van der Waals surface area contributed by atoms with Crippen LogP contribution in [0.25, 0.3) is 10.9 Å². The van der Waals surface area contributed by atoms with Crippen LogP contribution in [0.4, 0.5) is 5.82 Å². The Labute approximate surface area is 126 Å². The highest BCUT2D eigenvalue weighted by atomic mass is 79.9. The molecule has 0 saturated carbocycles. The molecule has 0 unspecified atom stereocenters. The zero-order chi connectivity index (χ0) is 14.5. The average molecular weight is 337 g/mol. The monoisotopic (exact) mass is 336 g/mol. The number of hydrogen-bond donors (Lipinski definition) is 2. The third-order valence-corrected chi connectivity index (χ3v) is 3.18. The Balaban J connectivity index is 2.03. The van der Waals surface area contributed by atoms with Crippen LogP contribution in [-0.2, 0) is 4.79 Å². The Morgan fingerprint density at radius 3 is 2.90 bits per heavy atom. The molecule has 0 fully saturated rings. The SMILES string of the molecule is CC(C)NC(=O)CCNc1ncnc2ccc(Br)cc12. The van der Waals surface area contributed by atoms with E-state index in [1.54, 1.807) is 0 Å². The highest BCUT2D eigenvalue weighted by Crippen LogP contribution is 2.23. The molecule has 0 aliphatic carbocycles. The molecular weight excluding hydrogens is 320 g/mol. The number of halogens is 1. The number of amides is 1. The summed E-state index contributed by atoms with van der Waals surface area (Å²) in [5.41, 5.74) is 0.873. The van der Waals surface area contributed by atoms with Crippen molar-refractivity contribution < 1.29 is 4.79 Å². The molecule has 0 radical (unpaired) electrons. The molecule has 106 valence electrons. The number of nitrogens with one attached hydrogen (secondary N) is 2. The minimum Gasteiger partial charge on any atom is -0.369 e. The van der Waals surface area contributed by atoms with Gasteiger partial charge < -0.3 is 10.6 Å². The maximum Gasteiger partial charge on any atom is 0.221 e. The molecule has 1 aromatic carbocycles. The van der Waals surface area contributed by atoms with Gasteiger partial charge in [-0.05, 0) is 32.0 Å². The summed E-state index contributed by atoms with van der Waals surface area (Å²) in [6.07, 6.45) is 1.93. The first-order valence-corrected chi connectivity index (χ1v) is 7.29. The van der Waals surface area contributed by atoms with E-state index in [0.717, 1.165) is 21.2 Å². The fourth-order valence-electron chi connectivity index (χ4n) is 1.86. The predicted octanol–water partition coefficient (Wildman–Crippen LogP) is 2.72. The lowest BCUT2D eigenvalue weighted by atomic mass is 10.2. The minimum atomic E-state index is 0.0343.